The van der Waals surface area contributed by atoms with Crippen molar-refractivity contribution >= 4 is 23.2 Å². The lowest BCUT2D eigenvalue weighted by molar-refractivity contribution is 0.102. The molecule has 0 fully saturated rings. The molecule has 7 heteroatoms. The fourth-order valence-electron chi connectivity index (χ4n) is 2.29. The van der Waals surface area contributed by atoms with Gasteiger partial charge in [-0.3, -0.25) is 9.20 Å². The molecule has 0 aliphatic rings. The van der Waals surface area contributed by atoms with Gasteiger partial charge in [-0.1, -0.05) is 23.4 Å². The predicted molar refractivity (Wildman–Crippen MR) is 86.8 cm³/mol. The summed E-state index contributed by atoms with van der Waals surface area (Å²) in [5.74, 6) is 0.230. The van der Waals surface area contributed by atoms with Gasteiger partial charge in [0.1, 0.15) is 11.5 Å². The summed E-state index contributed by atoms with van der Waals surface area (Å²) in [6, 6.07) is 10.6. The molecule has 0 spiro atoms. The van der Waals surface area contributed by atoms with Crippen LogP contribution < -0.4 is 11.1 Å². The number of hydrogen-bond donors (Lipinski definition) is 3. The van der Waals surface area contributed by atoms with E-state index in [1.807, 2.05) is 31.3 Å². The molecule has 2 heterocycles. The fourth-order valence-corrected chi connectivity index (χ4v) is 2.29. The number of imidazole rings is 1. The second-order valence-corrected chi connectivity index (χ2v) is 5.04. The standard InChI is InChI=1S/C16H15N5O2/c1-10-5-6-11(15(17)20-23)8-12(10)16(22)19-14-9-18-13-4-2-3-7-21(13)14/h2-9,23H,1H3,(H2,17,20)(H,19,22). The highest BCUT2D eigenvalue weighted by atomic mass is 16.4. The molecule has 0 bridgehead atoms. The summed E-state index contributed by atoms with van der Waals surface area (Å²) in [5, 5.41) is 14.5. The van der Waals surface area contributed by atoms with E-state index in [0.29, 0.717) is 16.9 Å². The number of carbonyl (C=O) groups excluding carboxylic acids is 1. The minimum absolute atomic E-state index is 0.0474. The number of aryl methyl sites for hydroxylation is 1. The van der Waals surface area contributed by atoms with Crippen LogP contribution in [0.1, 0.15) is 21.5 Å². The van der Waals surface area contributed by atoms with Crippen LogP contribution in [0.3, 0.4) is 0 Å². The van der Waals surface area contributed by atoms with Gasteiger partial charge in [0.25, 0.3) is 5.91 Å². The van der Waals surface area contributed by atoms with Gasteiger partial charge in [-0.2, -0.15) is 0 Å². The van der Waals surface area contributed by atoms with E-state index in [9.17, 15) is 4.79 Å². The number of nitrogens with one attached hydrogen (secondary N) is 1. The van der Waals surface area contributed by atoms with Crippen molar-refractivity contribution in [2.75, 3.05) is 5.32 Å². The number of pyridine rings is 1. The third kappa shape index (κ3) is 2.71. The van der Waals surface area contributed by atoms with Gasteiger partial charge in [0.2, 0.25) is 0 Å². The van der Waals surface area contributed by atoms with Gasteiger partial charge in [-0.05, 0) is 30.7 Å². The molecule has 1 aromatic carbocycles. The Bertz CT molecular complexity index is 914. The van der Waals surface area contributed by atoms with Crippen molar-refractivity contribution in [2.45, 2.75) is 6.92 Å². The summed E-state index contributed by atoms with van der Waals surface area (Å²) in [6.45, 7) is 1.82. The lowest BCUT2D eigenvalue weighted by atomic mass is 10.0. The third-order valence-electron chi connectivity index (χ3n) is 3.54. The molecule has 23 heavy (non-hydrogen) atoms. The Hall–Kier alpha value is -3.35. The number of hydrogen-bond acceptors (Lipinski definition) is 4. The van der Waals surface area contributed by atoms with E-state index in [-0.39, 0.29) is 11.7 Å². The summed E-state index contributed by atoms with van der Waals surface area (Å²) in [5.41, 5.74) is 8.02. The number of oxime groups is 1. The summed E-state index contributed by atoms with van der Waals surface area (Å²) in [7, 11) is 0. The average Bonchev–Trinajstić information content (AvgIpc) is 2.97. The monoisotopic (exact) mass is 309 g/mol. The van der Waals surface area contributed by atoms with Crippen molar-refractivity contribution < 1.29 is 10.0 Å². The van der Waals surface area contributed by atoms with Gasteiger partial charge in [-0.25, -0.2) is 4.98 Å². The van der Waals surface area contributed by atoms with Crippen LogP contribution in [0.4, 0.5) is 5.82 Å². The normalized spacial score (nSPS) is 11.6. The van der Waals surface area contributed by atoms with E-state index < -0.39 is 0 Å². The Kier molecular flexibility index (Phi) is 3.68. The van der Waals surface area contributed by atoms with Gasteiger partial charge in [0.15, 0.2) is 5.84 Å². The maximum absolute atomic E-state index is 12.5. The molecule has 0 aliphatic carbocycles. The first-order valence-electron chi connectivity index (χ1n) is 6.92. The first kappa shape index (κ1) is 14.6. The molecule has 0 aliphatic heterocycles. The maximum Gasteiger partial charge on any atom is 0.257 e. The van der Waals surface area contributed by atoms with Crippen LogP contribution in [0.5, 0.6) is 0 Å². The van der Waals surface area contributed by atoms with Crippen LogP contribution in [0.25, 0.3) is 5.65 Å². The van der Waals surface area contributed by atoms with Crippen molar-refractivity contribution in [3.8, 4) is 0 Å². The van der Waals surface area contributed by atoms with Crippen LogP contribution in [0, 0.1) is 6.92 Å². The highest BCUT2D eigenvalue weighted by Crippen LogP contribution is 2.16. The lowest BCUT2D eigenvalue weighted by Crippen LogP contribution is -2.18. The topological polar surface area (TPSA) is 105 Å². The number of amides is 1. The number of aromatic nitrogens is 2. The average molecular weight is 309 g/mol. The van der Waals surface area contributed by atoms with E-state index in [0.717, 1.165) is 11.2 Å². The zero-order valence-electron chi connectivity index (χ0n) is 12.4. The first-order chi connectivity index (χ1) is 11.1. The van der Waals surface area contributed by atoms with Crippen LogP contribution in [0.15, 0.2) is 53.9 Å². The van der Waals surface area contributed by atoms with Crippen LogP contribution >= 0.6 is 0 Å². The second-order valence-electron chi connectivity index (χ2n) is 5.04. The zero-order valence-corrected chi connectivity index (χ0v) is 12.4. The maximum atomic E-state index is 12.5. The molecule has 0 saturated carbocycles. The largest absolute Gasteiger partial charge is 0.409 e. The number of rotatable bonds is 3. The lowest BCUT2D eigenvalue weighted by Gasteiger charge is -2.09. The van der Waals surface area contributed by atoms with E-state index in [1.54, 1.807) is 28.8 Å². The molecule has 0 radical (unpaired) electrons. The van der Waals surface area contributed by atoms with Gasteiger partial charge in [-0.15, -0.1) is 0 Å². The Morgan fingerprint density at radius 3 is 2.96 bits per heavy atom. The molecular weight excluding hydrogens is 294 g/mol. The Labute approximate surface area is 132 Å². The molecule has 0 unspecified atom stereocenters. The van der Waals surface area contributed by atoms with Crippen LogP contribution in [0.2, 0.25) is 0 Å². The summed E-state index contributed by atoms with van der Waals surface area (Å²) >= 11 is 0. The first-order valence-corrected chi connectivity index (χ1v) is 6.92. The zero-order chi connectivity index (χ0) is 16.4. The van der Waals surface area contributed by atoms with E-state index in [4.69, 9.17) is 10.9 Å². The number of anilines is 1. The van der Waals surface area contributed by atoms with E-state index >= 15 is 0 Å². The summed E-state index contributed by atoms with van der Waals surface area (Å²) in [4.78, 5) is 16.8. The second kappa shape index (κ2) is 5.80. The van der Waals surface area contributed by atoms with Crippen LogP contribution in [-0.4, -0.2) is 26.3 Å². The number of nitrogens with zero attached hydrogens (tertiary/aromatic N) is 3. The van der Waals surface area contributed by atoms with E-state index in [2.05, 4.69) is 15.5 Å². The van der Waals surface area contributed by atoms with Crippen molar-refractivity contribution in [3.63, 3.8) is 0 Å². The molecule has 0 saturated heterocycles. The summed E-state index contributed by atoms with van der Waals surface area (Å²) < 4.78 is 1.78. The minimum Gasteiger partial charge on any atom is -0.409 e. The molecule has 1 amide bonds. The van der Waals surface area contributed by atoms with Gasteiger partial charge in [0.05, 0.1) is 6.20 Å². The van der Waals surface area contributed by atoms with Gasteiger partial charge < -0.3 is 16.3 Å². The molecule has 3 rings (SSSR count). The highest BCUT2D eigenvalue weighted by molar-refractivity contribution is 6.07. The molecular formula is C16H15N5O2. The highest BCUT2D eigenvalue weighted by Gasteiger charge is 2.13. The molecule has 2 aromatic heterocycles. The van der Waals surface area contributed by atoms with Gasteiger partial charge in [0, 0.05) is 17.3 Å². The molecule has 7 nitrogen and oxygen atoms in total. The third-order valence-corrected chi connectivity index (χ3v) is 3.54. The smallest absolute Gasteiger partial charge is 0.257 e. The Morgan fingerprint density at radius 2 is 2.17 bits per heavy atom. The Balaban J connectivity index is 1.94. The number of benzene rings is 1. The van der Waals surface area contributed by atoms with Crippen molar-refractivity contribution in [1.82, 2.24) is 9.38 Å². The number of amidine groups is 1. The SMILES string of the molecule is Cc1ccc(/C(N)=N/O)cc1C(=O)Nc1cnc2ccccn12. The molecule has 116 valence electrons. The molecule has 0 atom stereocenters. The predicted octanol–water partition coefficient (Wildman–Crippen LogP) is 1.99. The number of carbonyl (C=O) groups is 1. The fraction of sp³-hybridized carbons (Fsp3) is 0.0625. The van der Waals surface area contributed by atoms with Crippen LogP contribution in [-0.2, 0) is 0 Å². The van der Waals surface area contributed by atoms with Crippen molar-refractivity contribution in [3.05, 3.63) is 65.5 Å². The summed E-state index contributed by atoms with van der Waals surface area (Å²) in [6.07, 6.45) is 3.41. The van der Waals surface area contributed by atoms with Crippen molar-refractivity contribution in [2.24, 2.45) is 10.9 Å². The number of fused-ring (bicyclic) bond motifs is 1. The quantitative estimate of drug-likeness (QED) is 0.298. The number of nitrogens with two attached hydrogens (primary N) is 1. The van der Waals surface area contributed by atoms with E-state index in [1.165, 1.54) is 0 Å². The molecule has 4 N–H and O–H groups in total. The van der Waals surface area contributed by atoms with Crippen molar-refractivity contribution in [1.29, 1.82) is 0 Å². The van der Waals surface area contributed by atoms with Gasteiger partial charge >= 0.3 is 0 Å². The minimum atomic E-state index is -0.291. The molecule has 3 aromatic rings. The Morgan fingerprint density at radius 1 is 1.35 bits per heavy atom.